The fraction of sp³-hybridized carbons (Fsp3) is 0.235. The van der Waals surface area contributed by atoms with Crippen molar-refractivity contribution in [2.45, 2.75) is 37.5 Å². The van der Waals surface area contributed by atoms with E-state index in [2.05, 4.69) is 0 Å². The van der Waals surface area contributed by atoms with Crippen molar-refractivity contribution in [1.29, 1.82) is 0 Å². The summed E-state index contributed by atoms with van der Waals surface area (Å²) in [5.41, 5.74) is 2.93. The van der Waals surface area contributed by atoms with Gasteiger partial charge in [-0.05, 0) is 72.5 Å². The molecular weight excluding hydrogens is 504 g/mol. The van der Waals surface area contributed by atoms with Gasteiger partial charge in [-0.1, -0.05) is 67.8 Å². The lowest BCUT2D eigenvalue weighted by Crippen LogP contribution is -2.30. The lowest BCUT2D eigenvalue weighted by molar-refractivity contribution is 0.0721. The largest absolute Gasteiger partial charge is 0.496 e. The standard InChI is InChI=1S/C34H32O6/c1-37-30-12-6-4-10-28(30)32(35)39-26-18-14-24(15-19-26)34(22-8-3-9-23-34)25-16-20-27(21-17-25)40-33(36)29-11-5-7-13-31(29)38-2/h4-7,10-21H,3,8-9,22-23H2,1-2H3. The van der Waals surface area contributed by atoms with Crippen LogP contribution in [-0.2, 0) is 5.41 Å². The van der Waals surface area contributed by atoms with Crippen LogP contribution in [0.25, 0.3) is 0 Å². The van der Waals surface area contributed by atoms with Crippen LogP contribution in [-0.4, -0.2) is 26.2 Å². The van der Waals surface area contributed by atoms with E-state index in [1.54, 1.807) is 36.4 Å². The number of esters is 2. The van der Waals surface area contributed by atoms with E-state index in [9.17, 15) is 9.59 Å². The van der Waals surface area contributed by atoms with E-state index in [1.807, 2.05) is 60.7 Å². The first-order valence-corrected chi connectivity index (χ1v) is 13.5. The van der Waals surface area contributed by atoms with Gasteiger partial charge in [0.1, 0.15) is 34.1 Å². The van der Waals surface area contributed by atoms with E-state index >= 15 is 0 Å². The first-order valence-electron chi connectivity index (χ1n) is 13.5. The Kier molecular flexibility index (Phi) is 8.15. The van der Waals surface area contributed by atoms with Gasteiger partial charge in [0.05, 0.1) is 14.2 Å². The highest BCUT2D eigenvalue weighted by atomic mass is 16.5. The van der Waals surface area contributed by atoms with Crippen molar-refractivity contribution in [2.24, 2.45) is 0 Å². The van der Waals surface area contributed by atoms with Crippen molar-refractivity contribution >= 4 is 11.9 Å². The van der Waals surface area contributed by atoms with E-state index < -0.39 is 11.9 Å². The molecular formula is C34H32O6. The summed E-state index contributed by atoms with van der Waals surface area (Å²) in [6, 6.07) is 29.6. The Balaban J connectivity index is 1.35. The van der Waals surface area contributed by atoms with Gasteiger partial charge in [0.15, 0.2) is 0 Å². The fourth-order valence-corrected chi connectivity index (χ4v) is 5.53. The second kappa shape index (κ2) is 12.1. The van der Waals surface area contributed by atoms with E-state index in [1.165, 1.54) is 31.8 Å². The van der Waals surface area contributed by atoms with Crippen molar-refractivity contribution in [3.05, 3.63) is 119 Å². The highest BCUT2D eigenvalue weighted by Crippen LogP contribution is 2.45. The number of hydrogen-bond donors (Lipinski definition) is 0. The van der Waals surface area contributed by atoms with Crippen LogP contribution in [0.3, 0.4) is 0 Å². The maximum Gasteiger partial charge on any atom is 0.347 e. The summed E-state index contributed by atoms with van der Waals surface area (Å²) < 4.78 is 21.9. The Morgan fingerprint density at radius 3 is 1.35 bits per heavy atom. The van der Waals surface area contributed by atoms with Gasteiger partial charge in [-0.15, -0.1) is 0 Å². The predicted octanol–water partition coefficient (Wildman–Crippen LogP) is 7.39. The molecule has 0 radical (unpaired) electrons. The summed E-state index contributed by atoms with van der Waals surface area (Å²) in [4.78, 5) is 25.5. The van der Waals surface area contributed by atoms with Crippen molar-refractivity contribution in [3.63, 3.8) is 0 Å². The zero-order valence-corrected chi connectivity index (χ0v) is 22.7. The number of methoxy groups -OCH3 is 2. The quantitative estimate of drug-likeness (QED) is 0.173. The van der Waals surface area contributed by atoms with Gasteiger partial charge in [0.2, 0.25) is 0 Å². The molecule has 0 unspecified atom stereocenters. The number of rotatable bonds is 8. The molecule has 204 valence electrons. The van der Waals surface area contributed by atoms with E-state index in [4.69, 9.17) is 18.9 Å². The second-order valence-electron chi connectivity index (χ2n) is 9.87. The summed E-state index contributed by atoms with van der Waals surface area (Å²) in [5, 5.41) is 0. The Bertz CT molecular complexity index is 1360. The molecule has 0 atom stereocenters. The maximum absolute atomic E-state index is 12.8. The van der Waals surface area contributed by atoms with E-state index in [-0.39, 0.29) is 5.41 Å². The van der Waals surface area contributed by atoms with Crippen molar-refractivity contribution in [2.75, 3.05) is 14.2 Å². The molecule has 1 fully saturated rings. The zero-order valence-electron chi connectivity index (χ0n) is 22.7. The molecule has 0 spiro atoms. The van der Waals surface area contributed by atoms with Crippen LogP contribution in [0.15, 0.2) is 97.1 Å². The molecule has 6 heteroatoms. The van der Waals surface area contributed by atoms with Gasteiger partial charge < -0.3 is 18.9 Å². The molecule has 0 saturated heterocycles. The molecule has 5 rings (SSSR count). The van der Waals surface area contributed by atoms with Crippen LogP contribution in [0.2, 0.25) is 0 Å². The summed E-state index contributed by atoms with van der Waals surface area (Å²) >= 11 is 0. The first-order chi connectivity index (χ1) is 19.5. The normalized spacial score (nSPS) is 14.2. The lowest BCUT2D eigenvalue weighted by atomic mass is 9.65. The van der Waals surface area contributed by atoms with E-state index in [0.717, 1.165) is 25.7 Å². The maximum atomic E-state index is 12.8. The first kappa shape index (κ1) is 27.0. The van der Waals surface area contributed by atoms with Crippen LogP contribution in [0.5, 0.6) is 23.0 Å². The molecule has 1 aliphatic rings. The van der Waals surface area contributed by atoms with E-state index in [0.29, 0.717) is 34.1 Å². The minimum absolute atomic E-state index is 0.172. The van der Waals surface area contributed by atoms with Gasteiger partial charge in [-0.2, -0.15) is 0 Å². The highest BCUT2D eigenvalue weighted by Gasteiger charge is 2.35. The van der Waals surface area contributed by atoms with Gasteiger partial charge in [-0.25, -0.2) is 9.59 Å². The number of ether oxygens (including phenoxy) is 4. The molecule has 6 nitrogen and oxygen atoms in total. The Hall–Kier alpha value is -4.58. The summed E-state index contributed by atoms with van der Waals surface area (Å²) in [6.07, 6.45) is 5.45. The SMILES string of the molecule is COc1ccccc1C(=O)Oc1ccc(C2(c3ccc(OC(=O)c4ccccc4OC)cc3)CCCCC2)cc1. The minimum atomic E-state index is -0.462. The average molecular weight is 537 g/mol. The number of hydrogen-bond acceptors (Lipinski definition) is 6. The Labute approximate surface area is 234 Å². The summed E-state index contributed by atoms with van der Waals surface area (Å²) in [5.74, 6) is 0.977. The van der Waals surface area contributed by atoms with Crippen molar-refractivity contribution in [1.82, 2.24) is 0 Å². The fourth-order valence-electron chi connectivity index (χ4n) is 5.53. The Morgan fingerprint density at radius 2 is 0.950 bits per heavy atom. The molecule has 1 aliphatic carbocycles. The van der Waals surface area contributed by atoms with Crippen molar-refractivity contribution in [3.8, 4) is 23.0 Å². The molecule has 0 N–H and O–H groups in total. The molecule has 40 heavy (non-hydrogen) atoms. The molecule has 0 bridgehead atoms. The van der Waals surface area contributed by atoms with Crippen molar-refractivity contribution < 1.29 is 28.5 Å². The smallest absolute Gasteiger partial charge is 0.347 e. The molecule has 0 amide bonds. The Morgan fingerprint density at radius 1 is 0.550 bits per heavy atom. The number of carbonyl (C=O) groups is 2. The summed E-state index contributed by atoms with van der Waals surface area (Å²) in [6.45, 7) is 0. The molecule has 4 aromatic carbocycles. The zero-order chi connectivity index (χ0) is 28.0. The third-order valence-electron chi connectivity index (χ3n) is 7.60. The van der Waals surface area contributed by atoms with Crippen LogP contribution in [0, 0.1) is 0 Å². The van der Waals surface area contributed by atoms with Crippen LogP contribution in [0.4, 0.5) is 0 Å². The van der Waals surface area contributed by atoms with Crippen LogP contribution in [0.1, 0.15) is 63.9 Å². The molecule has 0 heterocycles. The molecule has 4 aromatic rings. The second-order valence-corrected chi connectivity index (χ2v) is 9.87. The number of carbonyl (C=O) groups excluding carboxylic acids is 2. The van der Waals surface area contributed by atoms with Crippen LogP contribution >= 0.6 is 0 Å². The molecule has 0 aromatic heterocycles. The van der Waals surface area contributed by atoms with Gasteiger partial charge >= 0.3 is 11.9 Å². The number of benzene rings is 4. The third-order valence-corrected chi connectivity index (χ3v) is 7.60. The topological polar surface area (TPSA) is 71.1 Å². The third kappa shape index (κ3) is 5.57. The monoisotopic (exact) mass is 536 g/mol. The molecule has 0 aliphatic heterocycles. The predicted molar refractivity (Wildman–Crippen MR) is 153 cm³/mol. The average Bonchev–Trinajstić information content (AvgIpc) is 3.02. The van der Waals surface area contributed by atoms with Gasteiger partial charge in [0.25, 0.3) is 0 Å². The number of para-hydroxylation sites is 2. The van der Waals surface area contributed by atoms with Gasteiger partial charge in [-0.3, -0.25) is 0 Å². The lowest BCUT2D eigenvalue weighted by Gasteiger charge is -2.38. The molecule has 1 saturated carbocycles. The summed E-state index contributed by atoms with van der Waals surface area (Å²) in [7, 11) is 3.06. The highest BCUT2D eigenvalue weighted by molar-refractivity contribution is 5.94. The van der Waals surface area contributed by atoms with Crippen LogP contribution < -0.4 is 18.9 Å². The van der Waals surface area contributed by atoms with Gasteiger partial charge in [0, 0.05) is 5.41 Å². The minimum Gasteiger partial charge on any atom is -0.496 e.